The second-order valence-electron chi connectivity index (χ2n) is 5.35. The Morgan fingerprint density at radius 2 is 1.85 bits per heavy atom. The Morgan fingerprint density at radius 1 is 1.23 bits per heavy atom. The van der Waals surface area contributed by atoms with E-state index in [1.54, 1.807) is 0 Å². The molecule has 0 aromatic heterocycles. The Kier molecular flexibility index (Phi) is 2.64. The zero-order valence-corrected chi connectivity index (χ0v) is 9.01. The molecule has 2 rings (SSSR count). The van der Waals surface area contributed by atoms with Gasteiger partial charge in [0, 0.05) is 13.2 Å². The highest BCUT2D eigenvalue weighted by atomic mass is 16.5. The van der Waals surface area contributed by atoms with Gasteiger partial charge in [-0.15, -0.1) is 0 Å². The van der Waals surface area contributed by atoms with Crippen LogP contribution in [-0.2, 0) is 4.74 Å². The second kappa shape index (κ2) is 3.61. The van der Waals surface area contributed by atoms with Crippen LogP contribution in [0.25, 0.3) is 0 Å². The molecule has 1 nitrogen and oxygen atoms in total. The smallest absolute Gasteiger partial charge is 0.0471 e. The van der Waals surface area contributed by atoms with Gasteiger partial charge >= 0.3 is 0 Å². The molecule has 0 spiro atoms. The average Bonchev–Trinajstić information content (AvgIpc) is 2.86. The minimum atomic E-state index is 0.687. The number of rotatable bonds is 3. The molecule has 2 aliphatic rings. The van der Waals surface area contributed by atoms with Crippen molar-refractivity contribution in [3.8, 4) is 0 Å². The molecule has 76 valence electrons. The molecular formula is C12H22O. The zero-order chi connectivity index (χ0) is 9.31. The Morgan fingerprint density at radius 3 is 2.31 bits per heavy atom. The third-order valence-corrected chi connectivity index (χ3v) is 3.75. The van der Waals surface area contributed by atoms with Crippen molar-refractivity contribution in [2.75, 3.05) is 13.2 Å². The van der Waals surface area contributed by atoms with Gasteiger partial charge in [-0.2, -0.15) is 0 Å². The van der Waals surface area contributed by atoms with Crippen molar-refractivity contribution in [1.29, 1.82) is 0 Å². The first-order valence-corrected chi connectivity index (χ1v) is 5.81. The summed E-state index contributed by atoms with van der Waals surface area (Å²) in [7, 11) is 0. The SMILES string of the molecule is CC(C)CC1(C2CC2)CCOCC1. The summed E-state index contributed by atoms with van der Waals surface area (Å²) in [5.41, 5.74) is 0.687. The normalized spacial score (nSPS) is 27.9. The molecule has 0 unspecified atom stereocenters. The average molecular weight is 182 g/mol. The molecule has 0 atom stereocenters. The lowest BCUT2D eigenvalue weighted by Crippen LogP contribution is -2.33. The van der Waals surface area contributed by atoms with Crippen LogP contribution in [0.5, 0.6) is 0 Å². The summed E-state index contributed by atoms with van der Waals surface area (Å²) in [6, 6.07) is 0. The maximum atomic E-state index is 5.48. The molecule has 0 N–H and O–H groups in total. The zero-order valence-electron chi connectivity index (χ0n) is 9.01. The van der Waals surface area contributed by atoms with E-state index >= 15 is 0 Å². The van der Waals surface area contributed by atoms with Crippen LogP contribution in [0.1, 0.15) is 46.0 Å². The van der Waals surface area contributed by atoms with Gasteiger partial charge in [-0.25, -0.2) is 0 Å². The van der Waals surface area contributed by atoms with E-state index in [9.17, 15) is 0 Å². The molecule has 1 aliphatic carbocycles. The summed E-state index contributed by atoms with van der Waals surface area (Å²) < 4.78 is 5.48. The van der Waals surface area contributed by atoms with Crippen LogP contribution in [0.3, 0.4) is 0 Å². The van der Waals surface area contributed by atoms with Gasteiger partial charge in [-0.1, -0.05) is 13.8 Å². The predicted octanol–water partition coefficient (Wildman–Crippen LogP) is 3.24. The summed E-state index contributed by atoms with van der Waals surface area (Å²) in [6.07, 6.45) is 7.08. The van der Waals surface area contributed by atoms with Crippen LogP contribution in [-0.4, -0.2) is 13.2 Å². The standard InChI is InChI=1S/C12H22O/c1-10(2)9-12(11-3-4-11)5-7-13-8-6-12/h10-11H,3-9H2,1-2H3. The molecule has 0 aromatic rings. The van der Waals surface area contributed by atoms with Gasteiger partial charge in [-0.3, -0.25) is 0 Å². The topological polar surface area (TPSA) is 9.23 Å². The third-order valence-electron chi connectivity index (χ3n) is 3.75. The van der Waals surface area contributed by atoms with Crippen LogP contribution >= 0.6 is 0 Å². The second-order valence-corrected chi connectivity index (χ2v) is 5.35. The lowest BCUT2D eigenvalue weighted by Gasteiger charge is -2.39. The fraction of sp³-hybridized carbons (Fsp3) is 1.00. The van der Waals surface area contributed by atoms with Crippen LogP contribution in [0, 0.1) is 17.3 Å². The van der Waals surface area contributed by atoms with Crippen LogP contribution < -0.4 is 0 Å². The molecule has 1 heteroatoms. The van der Waals surface area contributed by atoms with E-state index in [0.29, 0.717) is 5.41 Å². The summed E-state index contributed by atoms with van der Waals surface area (Å²) in [4.78, 5) is 0. The highest BCUT2D eigenvalue weighted by Crippen LogP contribution is 2.54. The van der Waals surface area contributed by atoms with E-state index in [4.69, 9.17) is 4.74 Å². The summed E-state index contributed by atoms with van der Waals surface area (Å²) in [5, 5.41) is 0. The van der Waals surface area contributed by atoms with Crippen LogP contribution in [0.4, 0.5) is 0 Å². The van der Waals surface area contributed by atoms with E-state index < -0.39 is 0 Å². The molecule has 1 saturated heterocycles. The maximum absolute atomic E-state index is 5.48. The van der Waals surface area contributed by atoms with E-state index in [2.05, 4.69) is 13.8 Å². The van der Waals surface area contributed by atoms with Gasteiger partial charge in [0.2, 0.25) is 0 Å². The van der Waals surface area contributed by atoms with Crippen molar-refractivity contribution in [2.24, 2.45) is 17.3 Å². The Labute approximate surface area is 81.9 Å². The molecule has 13 heavy (non-hydrogen) atoms. The number of hydrogen-bond acceptors (Lipinski definition) is 1. The minimum Gasteiger partial charge on any atom is -0.381 e. The monoisotopic (exact) mass is 182 g/mol. The van der Waals surface area contributed by atoms with Crippen LogP contribution in [0.2, 0.25) is 0 Å². The number of ether oxygens (including phenoxy) is 1. The lowest BCUT2D eigenvalue weighted by molar-refractivity contribution is -0.00863. The highest BCUT2D eigenvalue weighted by molar-refractivity contribution is 4.95. The molecular weight excluding hydrogens is 160 g/mol. The van der Waals surface area contributed by atoms with Crippen molar-refractivity contribution >= 4 is 0 Å². The maximum Gasteiger partial charge on any atom is 0.0471 e. The largest absolute Gasteiger partial charge is 0.381 e. The Balaban J connectivity index is 2.00. The molecule has 0 radical (unpaired) electrons. The summed E-state index contributed by atoms with van der Waals surface area (Å²) >= 11 is 0. The first-order chi connectivity index (χ1) is 6.23. The Hall–Kier alpha value is -0.0400. The van der Waals surface area contributed by atoms with Gasteiger partial charge in [-0.05, 0) is 49.4 Å². The highest BCUT2D eigenvalue weighted by Gasteiger charge is 2.45. The van der Waals surface area contributed by atoms with E-state index in [1.165, 1.54) is 32.1 Å². The van der Waals surface area contributed by atoms with Gasteiger partial charge in [0.25, 0.3) is 0 Å². The molecule has 0 bridgehead atoms. The van der Waals surface area contributed by atoms with Gasteiger partial charge in [0.15, 0.2) is 0 Å². The molecule has 0 amide bonds. The summed E-state index contributed by atoms with van der Waals surface area (Å²) in [6.45, 7) is 6.76. The van der Waals surface area contributed by atoms with Crippen molar-refractivity contribution in [1.82, 2.24) is 0 Å². The molecule has 2 fully saturated rings. The van der Waals surface area contributed by atoms with E-state index in [0.717, 1.165) is 25.0 Å². The molecule has 0 aromatic carbocycles. The van der Waals surface area contributed by atoms with Crippen molar-refractivity contribution in [2.45, 2.75) is 46.0 Å². The van der Waals surface area contributed by atoms with Gasteiger partial charge < -0.3 is 4.74 Å². The fourth-order valence-electron chi connectivity index (χ4n) is 3.07. The van der Waals surface area contributed by atoms with Crippen molar-refractivity contribution in [3.05, 3.63) is 0 Å². The first-order valence-electron chi connectivity index (χ1n) is 5.81. The van der Waals surface area contributed by atoms with E-state index in [1.807, 2.05) is 0 Å². The van der Waals surface area contributed by atoms with Crippen LogP contribution in [0.15, 0.2) is 0 Å². The molecule has 1 heterocycles. The van der Waals surface area contributed by atoms with Crippen molar-refractivity contribution < 1.29 is 4.74 Å². The van der Waals surface area contributed by atoms with Crippen molar-refractivity contribution in [3.63, 3.8) is 0 Å². The summed E-state index contributed by atoms with van der Waals surface area (Å²) in [5.74, 6) is 1.91. The predicted molar refractivity (Wildman–Crippen MR) is 54.7 cm³/mol. The molecule has 1 saturated carbocycles. The lowest BCUT2D eigenvalue weighted by atomic mass is 9.70. The van der Waals surface area contributed by atoms with Gasteiger partial charge in [0.05, 0.1) is 0 Å². The first kappa shape index (κ1) is 9.51. The number of hydrogen-bond donors (Lipinski definition) is 0. The molecule has 1 aliphatic heterocycles. The van der Waals surface area contributed by atoms with Gasteiger partial charge in [0.1, 0.15) is 0 Å². The Bertz CT molecular complexity index is 164. The minimum absolute atomic E-state index is 0.687. The van der Waals surface area contributed by atoms with E-state index in [-0.39, 0.29) is 0 Å². The fourth-order valence-corrected chi connectivity index (χ4v) is 3.07. The third kappa shape index (κ3) is 2.07. The quantitative estimate of drug-likeness (QED) is 0.651.